The van der Waals surface area contributed by atoms with Gasteiger partial charge < -0.3 is 5.32 Å². The SMILES string of the molecule is CCc1cnc(CCNc2ccc(C#N)cc2C(F)(F)F)s1. The molecule has 0 spiro atoms. The summed E-state index contributed by atoms with van der Waals surface area (Å²) < 4.78 is 39.0. The van der Waals surface area contributed by atoms with Crippen LogP contribution < -0.4 is 5.32 Å². The molecule has 0 aliphatic rings. The van der Waals surface area contributed by atoms with Crippen molar-refractivity contribution in [2.45, 2.75) is 25.9 Å². The van der Waals surface area contributed by atoms with Crippen LogP contribution in [0.25, 0.3) is 0 Å². The van der Waals surface area contributed by atoms with E-state index in [4.69, 9.17) is 5.26 Å². The standard InChI is InChI=1S/C15H14F3N3S/c1-2-11-9-21-14(22-11)5-6-20-13-4-3-10(8-19)7-12(13)15(16,17)18/h3-4,7,9,20H,2,5-6H2,1H3. The van der Waals surface area contributed by atoms with E-state index < -0.39 is 11.7 Å². The molecule has 0 aliphatic carbocycles. The zero-order valence-electron chi connectivity index (χ0n) is 11.9. The topological polar surface area (TPSA) is 48.7 Å². The number of benzene rings is 1. The molecule has 0 unspecified atom stereocenters. The molecule has 22 heavy (non-hydrogen) atoms. The maximum absolute atomic E-state index is 13.0. The number of aromatic nitrogens is 1. The Balaban J connectivity index is 2.07. The number of halogens is 3. The van der Waals surface area contributed by atoms with E-state index in [0.717, 1.165) is 22.4 Å². The molecule has 7 heteroatoms. The van der Waals surface area contributed by atoms with Gasteiger partial charge in [0.25, 0.3) is 0 Å². The van der Waals surface area contributed by atoms with Gasteiger partial charge in [0.2, 0.25) is 0 Å². The zero-order chi connectivity index (χ0) is 16.2. The third kappa shape index (κ3) is 3.98. The molecule has 116 valence electrons. The van der Waals surface area contributed by atoms with Crippen molar-refractivity contribution >= 4 is 17.0 Å². The fraction of sp³-hybridized carbons (Fsp3) is 0.333. The summed E-state index contributed by atoms with van der Waals surface area (Å²) in [6.45, 7) is 2.38. The molecule has 0 aliphatic heterocycles. The molecule has 3 nitrogen and oxygen atoms in total. The molecule has 1 aromatic heterocycles. The summed E-state index contributed by atoms with van der Waals surface area (Å²) in [5.41, 5.74) is -0.843. The van der Waals surface area contributed by atoms with Crippen LogP contribution in [0.3, 0.4) is 0 Å². The minimum Gasteiger partial charge on any atom is -0.384 e. The lowest BCUT2D eigenvalue weighted by atomic mass is 10.1. The minimum absolute atomic E-state index is 0.00890. The Hall–Kier alpha value is -2.07. The summed E-state index contributed by atoms with van der Waals surface area (Å²) in [4.78, 5) is 5.39. The molecule has 0 saturated heterocycles. The van der Waals surface area contributed by atoms with E-state index in [9.17, 15) is 13.2 Å². The van der Waals surface area contributed by atoms with Crippen LogP contribution in [0.5, 0.6) is 0 Å². The Morgan fingerprint density at radius 3 is 2.73 bits per heavy atom. The first-order valence-electron chi connectivity index (χ1n) is 6.73. The van der Waals surface area contributed by atoms with Crippen molar-refractivity contribution in [3.8, 4) is 6.07 Å². The van der Waals surface area contributed by atoms with Crippen LogP contribution in [0, 0.1) is 11.3 Å². The Morgan fingerprint density at radius 2 is 2.14 bits per heavy atom. The third-order valence-corrected chi connectivity index (χ3v) is 4.26. The summed E-state index contributed by atoms with van der Waals surface area (Å²) in [6.07, 6.45) is -1.24. The number of alkyl halides is 3. The highest BCUT2D eigenvalue weighted by Crippen LogP contribution is 2.35. The Bertz CT molecular complexity index is 686. The largest absolute Gasteiger partial charge is 0.418 e. The molecule has 0 amide bonds. The van der Waals surface area contributed by atoms with Gasteiger partial charge in [0, 0.05) is 29.7 Å². The van der Waals surface area contributed by atoms with Crippen molar-refractivity contribution in [3.63, 3.8) is 0 Å². The molecule has 1 heterocycles. The highest BCUT2D eigenvalue weighted by atomic mass is 32.1. The van der Waals surface area contributed by atoms with E-state index >= 15 is 0 Å². The second-order valence-electron chi connectivity index (χ2n) is 4.62. The van der Waals surface area contributed by atoms with Crippen LogP contribution >= 0.6 is 11.3 Å². The van der Waals surface area contributed by atoms with Crippen molar-refractivity contribution in [1.82, 2.24) is 4.98 Å². The number of nitrogens with zero attached hydrogens (tertiary/aromatic N) is 2. The van der Waals surface area contributed by atoms with Gasteiger partial charge in [-0.1, -0.05) is 6.92 Å². The van der Waals surface area contributed by atoms with Gasteiger partial charge in [-0.2, -0.15) is 18.4 Å². The average Bonchev–Trinajstić information content (AvgIpc) is 2.94. The summed E-state index contributed by atoms with van der Waals surface area (Å²) in [6, 6.07) is 5.25. The van der Waals surface area contributed by atoms with Crippen molar-refractivity contribution in [3.05, 3.63) is 45.4 Å². The molecule has 0 bridgehead atoms. The lowest BCUT2D eigenvalue weighted by Crippen LogP contribution is -2.13. The van der Waals surface area contributed by atoms with Crippen molar-refractivity contribution < 1.29 is 13.2 Å². The predicted octanol–water partition coefficient (Wildman–Crippen LogP) is 4.25. The normalized spacial score (nSPS) is 11.2. The van der Waals surface area contributed by atoms with Gasteiger partial charge in [-0.15, -0.1) is 11.3 Å². The summed E-state index contributed by atoms with van der Waals surface area (Å²) in [7, 11) is 0. The number of hydrogen-bond donors (Lipinski definition) is 1. The molecular weight excluding hydrogens is 311 g/mol. The van der Waals surface area contributed by atoms with Crippen molar-refractivity contribution in [2.75, 3.05) is 11.9 Å². The molecule has 0 fully saturated rings. The smallest absolute Gasteiger partial charge is 0.384 e. The quantitative estimate of drug-likeness (QED) is 0.894. The molecule has 0 atom stereocenters. The van der Waals surface area contributed by atoms with E-state index in [1.165, 1.54) is 12.1 Å². The lowest BCUT2D eigenvalue weighted by molar-refractivity contribution is -0.137. The molecule has 2 aromatic rings. The van der Waals surface area contributed by atoms with E-state index in [-0.39, 0.29) is 11.3 Å². The second kappa shape index (κ2) is 6.79. The summed E-state index contributed by atoms with van der Waals surface area (Å²) in [5.74, 6) is 0. The number of hydrogen-bond acceptors (Lipinski definition) is 4. The van der Waals surface area contributed by atoms with Gasteiger partial charge >= 0.3 is 6.18 Å². The van der Waals surface area contributed by atoms with Gasteiger partial charge in [-0.3, -0.25) is 0 Å². The molecule has 1 aromatic carbocycles. The Kier molecular flexibility index (Phi) is 5.03. The summed E-state index contributed by atoms with van der Waals surface area (Å²) in [5, 5.41) is 12.4. The van der Waals surface area contributed by atoms with Crippen LogP contribution in [-0.2, 0) is 19.0 Å². The lowest BCUT2D eigenvalue weighted by Gasteiger charge is -2.14. The molecule has 0 radical (unpaired) electrons. The maximum Gasteiger partial charge on any atom is 0.418 e. The van der Waals surface area contributed by atoms with Crippen LogP contribution in [-0.4, -0.2) is 11.5 Å². The minimum atomic E-state index is -4.49. The first-order chi connectivity index (χ1) is 10.4. The van der Waals surface area contributed by atoms with Crippen molar-refractivity contribution in [1.29, 1.82) is 5.26 Å². The van der Waals surface area contributed by atoms with Crippen LogP contribution in [0.4, 0.5) is 18.9 Å². The highest BCUT2D eigenvalue weighted by Gasteiger charge is 2.33. The third-order valence-electron chi connectivity index (χ3n) is 3.06. The van der Waals surface area contributed by atoms with Gasteiger partial charge in [0.15, 0.2) is 0 Å². The first kappa shape index (κ1) is 16.3. The van der Waals surface area contributed by atoms with Gasteiger partial charge in [-0.25, -0.2) is 4.98 Å². The molecule has 0 saturated carbocycles. The number of thiazole rings is 1. The predicted molar refractivity (Wildman–Crippen MR) is 79.8 cm³/mol. The number of aryl methyl sites for hydroxylation is 1. The first-order valence-corrected chi connectivity index (χ1v) is 7.54. The van der Waals surface area contributed by atoms with Gasteiger partial charge in [-0.05, 0) is 24.6 Å². The fourth-order valence-corrected chi connectivity index (χ4v) is 2.80. The van der Waals surface area contributed by atoms with Gasteiger partial charge in [0.1, 0.15) is 0 Å². The number of anilines is 1. The molecular formula is C15H14F3N3S. The fourth-order valence-electron chi connectivity index (χ4n) is 1.93. The van der Waals surface area contributed by atoms with E-state index in [1.807, 2.05) is 6.92 Å². The zero-order valence-corrected chi connectivity index (χ0v) is 12.7. The van der Waals surface area contributed by atoms with Crippen LogP contribution in [0.1, 0.15) is 27.9 Å². The van der Waals surface area contributed by atoms with Crippen LogP contribution in [0.2, 0.25) is 0 Å². The average molecular weight is 325 g/mol. The monoisotopic (exact) mass is 325 g/mol. The number of nitrogens with one attached hydrogen (secondary N) is 1. The van der Waals surface area contributed by atoms with Crippen LogP contribution in [0.15, 0.2) is 24.4 Å². The van der Waals surface area contributed by atoms with E-state index in [2.05, 4.69) is 10.3 Å². The molecule has 1 N–H and O–H groups in total. The Morgan fingerprint density at radius 1 is 1.36 bits per heavy atom. The maximum atomic E-state index is 13.0. The number of nitriles is 1. The van der Waals surface area contributed by atoms with E-state index in [0.29, 0.717) is 13.0 Å². The summed E-state index contributed by atoms with van der Waals surface area (Å²) >= 11 is 1.57. The highest BCUT2D eigenvalue weighted by molar-refractivity contribution is 7.11. The van der Waals surface area contributed by atoms with Gasteiger partial charge in [0.05, 0.1) is 22.2 Å². The van der Waals surface area contributed by atoms with E-state index in [1.54, 1.807) is 23.6 Å². The Labute approximate surface area is 130 Å². The van der Waals surface area contributed by atoms with Crippen molar-refractivity contribution in [2.24, 2.45) is 0 Å². The molecule has 2 rings (SSSR count). The number of rotatable bonds is 5. The second-order valence-corrected chi connectivity index (χ2v) is 5.82.